The summed E-state index contributed by atoms with van der Waals surface area (Å²) in [5, 5.41) is 0. The van der Waals surface area contributed by atoms with E-state index in [-0.39, 0.29) is 42.6 Å². The highest BCUT2D eigenvalue weighted by molar-refractivity contribution is 5.85. The fraction of sp³-hybridized carbons (Fsp3) is 0.316. The van der Waals surface area contributed by atoms with Crippen LogP contribution < -0.4 is 5.73 Å². The maximum atomic E-state index is 13.5. The number of nitrogens with zero attached hydrogens (tertiary/aromatic N) is 1. The standard InChI is InChI=1S/C19H21FN2O.ClH/c20-16-9-4-8-15(12-16)18-10-5-11-22(18)19(23)13-17(21)14-6-2-1-3-7-14;/h1-4,6-9,12,17-18H,5,10-11,13,21H2;1H. The Kier molecular flexibility index (Phi) is 6.35. The van der Waals surface area contributed by atoms with Gasteiger partial charge < -0.3 is 10.6 Å². The van der Waals surface area contributed by atoms with Crippen LogP contribution in [-0.4, -0.2) is 17.4 Å². The molecule has 1 fully saturated rings. The predicted octanol–water partition coefficient (Wildman–Crippen LogP) is 4.00. The minimum atomic E-state index is -0.308. The third-order valence-electron chi connectivity index (χ3n) is 4.43. The zero-order valence-electron chi connectivity index (χ0n) is 13.4. The number of rotatable bonds is 4. The first-order chi connectivity index (χ1) is 11.1. The monoisotopic (exact) mass is 348 g/mol. The Morgan fingerprint density at radius 3 is 2.67 bits per heavy atom. The summed E-state index contributed by atoms with van der Waals surface area (Å²) in [6.45, 7) is 0.710. The fourth-order valence-electron chi connectivity index (χ4n) is 3.25. The van der Waals surface area contributed by atoms with E-state index < -0.39 is 0 Å². The van der Waals surface area contributed by atoms with Crippen molar-refractivity contribution in [2.45, 2.75) is 31.3 Å². The van der Waals surface area contributed by atoms with Crippen LogP contribution in [0.1, 0.15) is 42.5 Å². The molecule has 2 aromatic rings. The first-order valence-electron chi connectivity index (χ1n) is 8.00. The van der Waals surface area contributed by atoms with Crippen LogP contribution in [0.2, 0.25) is 0 Å². The van der Waals surface area contributed by atoms with Crippen LogP contribution in [0.15, 0.2) is 54.6 Å². The molecule has 0 bridgehead atoms. The Morgan fingerprint density at radius 2 is 1.96 bits per heavy atom. The zero-order valence-corrected chi connectivity index (χ0v) is 14.2. The molecule has 2 aromatic carbocycles. The van der Waals surface area contributed by atoms with Gasteiger partial charge in [-0.25, -0.2) is 4.39 Å². The lowest BCUT2D eigenvalue weighted by Gasteiger charge is -2.26. The third kappa shape index (κ3) is 4.13. The van der Waals surface area contributed by atoms with Crippen LogP contribution in [0.5, 0.6) is 0 Å². The van der Waals surface area contributed by atoms with Crippen molar-refractivity contribution < 1.29 is 9.18 Å². The highest BCUT2D eigenvalue weighted by atomic mass is 35.5. The maximum Gasteiger partial charge on any atom is 0.224 e. The topological polar surface area (TPSA) is 46.3 Å². The summed E-state index contributed by atoms with van der Waals surface area (Å²) in [5.74, 6) is -0.226. The van der Waals surface area contributed by atoms with Crippen LogP contribution in [0.25, 0.3) is 0 Å². The van der Waals surface area contributed by atoms with Crippen molar-refractivity contribution in [1.29, 1.82) is 0 Å². The summed E-state index contributed by atoms with van der Waals surface area (Å²) in [5.41, 5.74) is 7.99. The van der Waals surface area contributed by atoms with Crippen LogP contribution >= 0.6 is 12.4 Å². The lowest BCUT2D eigenvalue weighted by atomic mass is 10.0. The minimum absolute atomic E-state index is 0. The van der Waals surface area contributed by atoms with E-state index in [4.69, 9.17) is 5.73 Å². The number of benzene rings is 2. The average Bonchev–Trinajstić information content (AvgIpc) is 3.05. The number of hydrogen-bond acceptors (Lipinski definition) is 2. The molecule has 2 unspecified atom stereocenters. The van der Waals surface area contributed by atoms with Gasteiger partial charge in [0.05, 0.1) is 6.04 Å². The molecule has 2 atom stereocenters. The van der Waals surface area contributed by atoms with Crippen molar-refractivity contribution >= 4 is 18.3 Å². The van der Waals surface area contributed by atoms with Gasteiger partial charge in [0.1, 0.15) is 5.82 Å². The summed E-state index contributed by atoms with van der Waals surface area (Å²) < 4.78 is 13.5. The number of amides is 1. The van der Waals surface area contributed by atoms with Crippen LogP contribution in [-0.2, 0) is 4.79 Å². The molecule has 0 saturated carbocycles. The van der Waals surface area contributed by atoms with E-state index in [2.05, 4.69) is 0 Å². The molecular formula is C19H22ClFN2O. The van der Waals surface area contributed by atoms with Gasteiger partial charge in [0, 0.05) is 19.0 Å². The normalized spacial score (nSPS) is 18.1. The van der Waals surface area contributed by atoms with Crippen molar-refractivity contribution in [3.8, 4) is 0 Å². The van der Waals surface area contributed by atoms with Gasteiger partial charge in [-0.1, -0.05) is 42.5 Å². The summed E-state index contributed by atoms with van der Waals surface area (Å²) in [6, 6.07) is 15.8. The fourth-order valence-corrected chi connectivity index (χ4v) is 3.25. The van der Waals surface area contributed by atoms with Gasteiger partial charge in [-0.15, -0.1) is 12.4 Å². The minimum Gasteiger partial charge on any atom is -0.336 e. The molecule has 3 nitrogen and oxygen atoms in total. The molecule has 0 aromatic heterocycles. The van der Waals surface area contributed by atoms with Crippen molar-refractivity contribution in [2.24, 2.45) is 5.73 Å². The van der Waals surface area contributed by atoms with Gasteiger partial charge in [-0.3, -0.25) is 4.79 Å². The van der Waals surface area contributed by atoms with Crippen LogP contribution in [0.4, 0.5) is 4.39 Å². The summed E-state index contributed by atoms with van der Waals surface area (Å²) in [6.07, 6.45) is 2.08. The first kappa shape index (κ1) is 18.4. The van der Waals surface area contributed by atoms with Crippen molar-refractivity contribution in [2.75, 3.05) is 6.54 Å². The second-order valence-corrected chi connectivity index (χ2v) is 6.02. The lowest BCUT2D eigenvalue weighted by molar-refractivity contribution is -0.132. The smallest absolute Gasteiger partial charge is 0.224 e. The van der Waals surface area contributed by atoms with Gasteiger partial charge >= 0.3 is 0 Å². The van der Waals surface area contributed by atoms with Crippen molar-refractivity contribution in [3.05, 3.63) is 71.5 Å². The van der Waals surface area contributed by atoms with Gasteiger partial charge in [0.25, 0.3) is 0 Å². The third-order valence-corrected chi connectivity index (χ3v) is 4.43. The largest absolute Gasteiger partial charge is 0.336 e. The van der Waals surface area contributed by atoms with E-state index >= 15 is 0 Å². The average molecular weight is 349 g/mol. The Bertz CT molecular complexity index is 680. The second kappa shape index (κ2) is 8.27. The molecule has 128 valence electrons. The molecule has 1 heterocycles. The summed E-state index contributed by atoms with van der Waals surface area (Å²) >= 11 is 0. The van der Waals surface area contributed by atoms with E-state index in [1.165, 1.54) is 12.1 Å². The molecule has 5 heteroatoms. The molecule has 1 aliphatic rings. The molecule has 0 aliphatic carbocycles. The number of hydrogen-bond donors (Lipinski definition) is 1. The first-order valence-corrected chi connectivity index (χ1v) is 8.00. The van der Waals surface area contributed by atoms with E-state index in [0.29, 0.717) is 6.54 Å². The number of carbonyl (C=O) groups excluding carboxylic acids is 1. The van der Waals surface area contributed by atoms with Gasteiger partial charge in [-0.05, 0) is 36.1 Å². The Morgan fingerprint density at radius 1 is 1.21 bits per heavy atom. The quantitative estimate of drug-likeness (QED) is 0.907. The Hall–Kier alpha value is -1.91. The number of carbonyl (C=O) groups is 1. The van der Waals surface area contributed by atoms with Gasteiger partial charge in [0.15, 0.2) is 0 Å². The van der Waals surface area contributed by atoms with Crippen molar-refractivity contribution in [3.63, 3.8) is 0 Å². The number of halogens is 2. The van der Waals surface area contributed by atoms with Crippen LogP contribution in [0.3, 0.4) is 0 Å². The van der Waals surface area contributed by atoms with Gasteiger partial charge in [-0.2, -0.15) is 0 Å². The number of nitrogens with two attached hydrogens (primary N) is 1. The number of likely N-dealkylation sites (tertiary alicyclic amines) is 1. The molecule has 1 saturated heterocycles. The van der Waals surface area contributed by atoms with Gasteiger partial charge in [0.2, 0.25) is 5.91 Å². The predicted molar refractivity (Wildman–Crippen MR) is 95.3 cm³/mol. The van der Waals surface area contributed by atoms with E-state index in [1.54, 1.807) is 6.07 Å². The Balaban J connectivity index is 0.00000208. The van der Waals surface area contributed by atoms with E-state index in [0.717, 1.165) is 24.0 Å². The molecule has 2 N–H and O–H groups in total. The summed E-state index contributed by atoms with van der Waals surface area (Å²) in [4.78, 5) is 14.5. The van der Waals surface area contributed by atoms with E-state index in [9.17, 15) is 9.18 Å². The molecule has 1 aliphatic heterocycles. The molecule has 0 radical (unpaired) electrons. The SMILES string of the molecule is Cl.NC(CC(=O)N1CCCC1c1cccc(F)c1)c1ccccc1. The zero-order chi connectivity index (χ0) is 16.2. The maximum absolute atomic E-state index is 13.5. The molecule has 3 rings (SSSR count). The van der Waals surface area contributed by atoms with Crippen molar-refractivity contribution in [1.82, 2.24) is 4.90 Å². The lowest BCUT2D eigenvalue weighted by Crippen LogP contribution is -2.33. The molecule has 1 amide bonds. The Labute approximate surface area is 148 Å². The molecular weight excluding hydrogens is 327 g/mol. The molecule has 0 spiro atoms. The molecule has 24 heavy (non-hydrogen) atoms. The van der Waals surface area contributed by atoms with E-state index in [1.807, 2.05) is 41.3 Å². The highest BCUT2D eigenvalue weighted by Gasteiger charge is 2.30. The highest BCUT2D eigenvalue weighted by Crippen LogP contribution is 2.33. The summed E-state index contributed by atoms with van der Waals surface area (Å²) in [7, 11) is 0. The second-order valence-electron chi connectivity index (χ2n) is 6.02. The van der Waals surface area contributed by atoms with Crippen LogP contribution in [0, 0.1) is 5.82 Å².